The van der Waals surface area contributed by atoms with Gasteiger partial charge in [0.2, 0.25) is 11.8 Å². The first-order valence-electron chi connectivity index (χ1n) is 17.7. The van der Waals surface area contributed by atoms with E-state index < -0.39 is 17.0 Å². The molecule has 0 spiro atoms. The van der Waals surface area contributed by atoms with Crippen molar-refractivity contribution < 1.29 is 23.8 Å². The van der Waals surface area contributed by atoms with Gasteiger partial charge in [0.25, 0.3) is 11.5 Å². The molecule has 3 aromatic carbocycles. The molecule has 3 N–H and O–H groups in total. The third kappa shape index (κ3) is 7.82. The summed E-state index contributed by atoms with van der Waals surface area (Å²) in [5.41, 5.74) is 8.32. The summed E-state index contributed by atoms with van der Waals surface area (Å²) in [6.45, 7) is 3.32. The second-order valence-corrected chi connectivity index (χ2v) is 13.9. The van der Waals surface area contributed by atoms with Crippen LogP contribution in [0.2, 0.25) is 0 Å². The second kappa shape index (κ2) is 15.0. The number of carbonyl (C=O) groups is 2. The third-order valence-electron chi connectivity index (χ3n) is 10.3. The number of nitrogens with zero attached hydrogens (tertiary/aromatic N) is 5. The fraction of sp³-hybridized carbons (Fsp3) is 0.293. The number of nitrogen functional groups attached to an aromatic ring is 1. The van der Waals surface area contributed by atoms with Gasteiger partial charge in [-0.1, -0.05) is 48.5 Å². The van der Waals surface area contributed by atoms with Crippen LogP contribution in [0.1, 0.15) is 46.8 Å². The quantitative estimate of drug-likeness (QED) is 0.217. The number of pyridine rings is 1. The molecular formula is C41H41FN6O5. The first-order chi connectivity index (χ1) is 25.6. The molecule has 2 fully saturated rings. The van der Waals surface area contributed by atoms with Crippen LogP contribution < -0.4 is 16.0 Å². The number of piperidine rings is 2. The van der Waals surface area contributed by atoms with Gasteiger partial charge in [-0.05, 0) is 79.8 Å². The molecule has 2 aromatic heterocycles. The summed E-state index contributed by atoms with van der Waals surface area (Å²) in [4.78, 5) is 53.4. The normalized spacial score (nSPS) is 18.4. The summed E-state index contributed by atoms with van der Waals surface area (Å²) in [6, 6.07) is 26.6. The lowest BCUT2D eigenvalue weighted by molar-refractivity contribution is -0.142. The van der Waals surface area contributed by atoms with Crippen molar-refractivity contribution in [3.63, 3.8) is 0 Å². The van der Waals surface area contributed by atoms with E-state index in [4.69, 9.17) is 10.5 Å². The number of rotatable bonds is 8. The molecule has 0 unspecified atom stereocenters. The molecule has 2 atom stereocenters. The zero-order valence-corrected chi connectivity index (χ0v) is 29.4. The van der Waals surface area contributed by atoms with Gasteiger partial charge in [-0.15, -0.1) is 0 Å². The minimum atomic E-state index is -1.27. The van der Waals surface area contributed by atoms with Gasteiger partial charge in [-0.3, -0.25) is 23.9 Å². The molecule has 11 nitrogen and oxygen atoms in total. The Labute approximate surface area is 306 Å². The summed E-state index contributed by atoms with van der Waals surface area (Å²) in [5.74, 6) is -0.925. The number of hydrogen-bond donors (Lipinski definition) is 2. The van der Waals surface area contributed by atoms with Crippen LogP contribution in [0.15, 0.2) is 108 Å². The summed E-state index contributed by atoms with van der Waals surface area (Å²) >= 11 is 0. The van der Waals surface area contributed by atoms with Crippen molar-refractivity contribution in [2.24, 2.45) is 5.92 Å². The topological polar surface area (TPSA) is 144 Å². The van der Waals surface area contributed by atoms with Crippen LogP contribution in [0.4, 0.5) is 10.1 Å². The highest BCUT2D eigenvalue weighted by molar-refractivity contribution is 5.96. The van der Waals surface area contributed by atoms with E-state index in [1.807, 2.05) is 78.6 Å². The SMILES string of the molecule is Cc1ccc(-c2cccc(C(=O)N3CC[C@@H](C(=O)N4CCC(O)(Cn5cnc(Oc6ccc(F)cc6)c(N)c5=O)CC4)[C@H](c4ccccc4)C3)c2)cn1. The van der Waals surface area contributed by atoms with Gasteiger partial charge in [-0.25, -0.2) is 9.37 Å². The highest BCUT2D eigenvalue weighted by atomic mass is 19.1. The number of halogens is 1. The van der Waals surface area contributed by atoms with Gasteiger partial charge in [0.1, 0.15) is 17.9 Å². The Bertz CT molecular complexity index is 2150. The summed E-state index contributed by atoms with van der Waals surface area (Å²) in [5, 5.41) is 11.5. The van der Waals surface area contributed by atoms with E-state index in [0.29, 0.717) is 38.2 Å². The fourth-order valence-electron chi connectivity index (χ4n) is 7.27. The number of ether oxygens (including phenoxy) is 1. The largest absolute Gasteiger partial charge is 0.437 e. The Hall–Kier alpha value is -5.88. The maximum absolute atomic E-state index is 14.2. The highest BCUT2D eigenvalue weighted by Crippen LogP contribution is 2.36. The van der Waals surface area contributed by atoms with Gasteiger partial charge in [0, 0.05) is 61.0 Å². The lowest BCUT2D eigenvalue weighted by Gasteiger charge is -2.43. The van der Waals surface area contributed by atoms with Crippen molar-refractivity contribution in [2.75, 3.05) is 31.9 Å². The molecule has 272 valence electrons. The van der Waals surface area contributed by atoms with Crippen LogP contribution in [-0.2, 0) is 11.3 Å². The molecule has 5 aromatic rings. The van der Waals surface area contributed by atoms with Crippen LogP contribution in [0.3, 0.4) is 0 Å². The van der Waals surface area contributed by atoms with Crippen molar-refractivity contribution in [2.45, 2.75) is 44.2 Å². The van der Waals surface area contributed by atoms with Gasteiger partial charge in [0.15, 0.2) is 5.69 Å². The van der Waals surface area contributed by atoms with Crippen molar-refractivity contribution >= 4 is 17.5 Å². The smallest absolute Gasteiger partial charge is 0.280 e. The third-order valence-corrected chi connectivity index (χ3v) is 10.3. The van der Waals surface area contributed by atoms with Crippen LogP contribution in [-0.4, -0.2) is 73.0 Å². The minimum absolute atomic E-state index is 0.00718. The number of likely N-dealkylation sites (tertiary alicyclic amines) is 2. The molecule has 2 aliphatic heterocycles. The standard InChI is InChI=1S/C41H41FN6O5/c1-27-10-11-31(23-44-27)29-8-5-9-30(22-29)38(49)47-19-16-34(35(24-47)28-6-3-2-4-7-28)39(50)46-20-17-41(52,18-21-46)25-48-26-45-37(36(43)40(48)51)53-33-14-12-32(42)13-15-33/h2-15,22-23,26,34-35,52H,16-21,24-25,43H2,1H3/t34-,35+/m1/s1. The molecule has 0 saturated carbocycles. The lowest BCUT2D eigenvalue weighted by Crippen LogP contribution is -2.53. The summed E-state index contributed by atoms with van der Waals surface area (Å²) in [7, 11) is 0. The molecule has 53 heavy (non-hydrogen) atoms. The Morgan fingerprint density at radius 1 is 0.925 bits per heavy atom. The highest BCUT2D eigenvalue weighted by Gasteiger charge is 2.42. The van der Waals surface area contributed by atoms with Crippen LogP contribution in [0.25, 0.3) is 11.1 Å². The predicted octanol–water partition coefficient (Wildman–Crippen LogP) is 5.43. The summed E-state index contributed by atoms with van der Waals surface area (Å²) in [6.07, 6.45) is 4.07. The summed E-state index contributed by atoms with van der Waals surface area (Å²) < 4.78 is 20.1. The van der Waals surface area contributed by atoms with Crippen LogP contribution >= 0.6 is 0 Å². The zero-order chi connectivity index (χ0) is 37.1. The molecular weight excluding hydrogens is 675 g/mol. The van der Waals surface area contributed by atoms with E-state index in [1.165, 1.54) is 35.2 Å². The lowest BCUT2D eigenvalue weighted by atomic mass is 9.79. The number of anilines is 1. The number of aromatic nitrogens is 3. The van der Waals surface area contributed by atoms with Crippen molar-refractivity contribution in [1.29, 1.82) is 0 Å². The number of carbonyl (C=O) groups excluding carboxylic acids is 2. The fourth-order valence-corrected chi connectivity index (χ4v) is 7.27. The predicted molar refractivity (Wildman–Crippen MR) is 198 cm³/mol. The van der Waals surface area contributed by atoms with Crippen molar-refractivity contribution in [1.82, 2.24) is 24.3 Å². The first-order valence-corrected chi connectivity index (χ1v) is 17.7. The average Bonchev–Trinajstić information content (AvgIpc) is 3.19. The van der Waals surface area contributed by atoms with E-state index in [2.05, 4.69) is 9.97 Å². The number of benzene rings is 3. The number of aryl methyl sites for hydroxylation is 1. The van der Waals surface area contributed by atoms with Gasteiger partial charge >= 0.3 is 0 Å². The molecule has 0 aliphatic carbocycles. The molecule has 12 heteroatoms. The number of aliphatic hydroxyl groups is 1. The van der Waals surface area contributed by atoms with Crippen LogP contribution in [0, 0.1) is 18.7 Å². The molecule has 7 rings (SSSR count). The van der Waals surface area contributed by atoms with Crippen LogP contribution in [0.5, 0.6) is 11.6 Å². The second-order valence-electron chi connectivity index (χ2n) is 13.9. The van der Waals surface area contributed by atoms with E-state index in [0.717, 1.165) is 22.4 Å². The number of nitrogens with two attached hydrogens (primary N) is 1. The van der Waals surface area contributed by atoms with Crippen molar-refractivity contribution in [3.05, 3.63) is 137 Å². The van der Waals surface area contributed by atoms with Gasteiger partial charge in [-0.2, -0.15) is 0 Å². The number of hydrogen-bond acceptors (Lipinski definition) is 8. The molecule has 2 amide bonds. The first kappa shape index (κ1) is 35.5. The van der Waals surface area contributed by atoms with Gasteiger partial charge < -0.3 is 25.4 Å². The van der Waals surface area contributed by atoms with E-state index >= 15 is 0 Å². The minimum Gasteiger partial charge on any atom is -0.437 e. The average molecular weight is 717 g/mol. The Morgan fingerprint density at radius 3 is 2.40 bits per heavy atom. The molecule has 4 heterocycles. The molecule has 0 radical (unpaired) electrons. The Balaban J connectivity index is 1.01. The monoisotopic (exact) mass is 716 g/mol. The van der Waals surface area contributed by atoms with E-state index in [1.54, 1.807) is 11.1 Å². The zero-order valence-electron chi connectivity index (χ0n) is 29.4. The maximum Gasteiger partial charge on any atom is 0.280 e. The Morgan fingerprint density at radius 2 is 1.68 bits per heavy atom. The molecule has 0 bridgehead atoms. The maximum atomic E-state index is 14.2. The number of amides is 2. The Kier molecular flexibility index (Phi) is 10.1. The van der Waals surface area contributed by atoms with E-state index in [9.17, 15) is 23.9 Å². The van der Waals surface area contributed by atoms with Crippen molar-refractivity contribution in [3.8, 4) is 22.8 Å². The van der Waals surface area contributed by atoms with E-state index in [-0.39, 0.29) is 60.4 Å². The van der Waals surface area contributed by atoms with Gasteiger partial charge in [0.05, 0.1) is 12.1 Å². The molecule has 2 aliphatic rings. The molecule has 2 saturated heterocycles.